The van der Waals surface area contributed by atoms with E-state index in [0.29, 0.717) is 0 Å². The largest absolute Gasteiger partial charge is 0.480 e. The number of rotatable bonds is 10. The molecular weight excluding hydrogens is 464 g/mol. The molecule has 36 heavy (non-hydrogen) atoms. The van der Waals surface area contributed by atoms with Crippen molar-refractivity contribution in [3.63, 3.8) is 0 Å². The van der Waals surface area contributed by atoms with Gasteiger partial charge in [-0.1, -0.05) is 48.5 Å². The van der Waals surface area contributed by atoms with Gasteiger partial charge in [0.05, 0.1) is 0 Å². The average molecular weight is 497 g/mol. The van der Waals surface area contributed by atoms with E-state index in [1.807, 2.05) is 48.5 Å². The van der Waals surface area contributed by atoms with Crippen molar-refractivity contribution in [2.45, 2.75) is 57.6 Å². The lowest BCUT2D eigenvalue weighted by atomic mass is 9.98. The number of alkyl carbamates (subject to hydrolysis) is 1. The fraction of sp³-hybridized carbons (Fsp3) is 0.407. The lowest BCUT2D eigenvalue weighted by molar-refractivity contribution is -0.155. The normalized spacial score (nSPS) is 13.2. The van der Waals surface area contributed by atoms with Crippen LogP contribution in [0.1, 0.15) is 57.1 Å². The standard InChI is InChI=1S/C27H32N2O7/c1-27(2,3)36-24(31)13-12-22(25(32)33)29-23(30)14-15-28-26(34)35-16-21-19-10-6-4-8-17(19)18-9-5-7-11-20(18)21/h4-11,21-22H,12-16H2,1-3H3,(H,28,34)(H,29,30)(H,32,33). The molecule has 3 N–H and O–H groups in total. The molecule has 1 aliphatic carbocycles. The molecule has 0 fully saturated rings. The van der Waals surface area contributed by atoms with Crippen molar-refractivity contribution in [2.24, 2.45) is 0 Å². The zero-order valence-electron chi connectivity index (χ0n) is 20.7. The van der Waals surface area contributed by atoms with Crippen LogP contribution in [0.25, 0.3) is 11.1 Å². The summed E-state index contributed by atoms with van der Waals surface area (Å²) in [7, 11) is 0. The minimum Gasteiger partial charge on any atom is -0.480 e. The molecule has 2 aromatic rings. The van der Waals surface area contributed by atoms with E-state index < -0.39 is 35.6 Å². The topological polar surface area (TPSA) is 131 Å². The highest BCUT2D eigenvalue weighted by Gasteiger charge is 2.29. The zero-order chi connectivity index (χ0) is 26.3. The van der Waals surface area contributed by atoms with Crippen molar-refractivity contribution in [3.8, 4) is 11.1 Å². The number of carboxylic acid groups (broad SMARTS) is 1. The van der Waals surface area contributed by atoms with Crippen LogP contribution in [0.5, 0.6) is 0 Å². The van der Waals surface area contributed by atoms with Gasteiger partial charge in [0.25, 0.3) is 0 Å². The van der Waals surface area contributed by atoms with E-state index in [0.717, 1.165) is 22.3 Å². The molecule has 0 saturated carbocycles. The Hall–Kier alpha value is -3.88. The molecule has 1 unspecified atom stereocenters. The average Bonchev–Trinajstić information content (AvgIpc) is 3.13. The van der Waals surface area contributed by atoms with Crippen molar-refractivity contribution in [2.75, 3.05) is 13.2 Å². The quantitative estimate of drug-likeness (QED) is 0.428. The van der Waals surface area contributed by atoms with E-state index >= 15 is 0 Å². The third-order valence-corrected chi connectivity index (χ3v) is 5.66. The molecule has 2 amide bonds. The van der Waals surface area contributed by atoms with Gasteiger partial charge >= 0.3 is 18.0 Å². The fourth-order valence-corrected chi connectivity index (χ4v) is 4.11. The number of hydrogen-bond donors (Lipinski definition) is 3. The maximum absolute atomic E-state index is 12.2. The summed E-state index contributed by atoms with van der Waals surface area (Å²) < 4.78 is 10.6. The monoisotopic (exact) mass is 496 g/mol. The van der Waals surface area contributed by atoms with E-state index in [9.17, 15) is 24.3 Å². The van der Waals surface area contributed by atoms with Crippen molar-refractivity contribution in [1.82, 2.24) is 10.6 Å². The number of hydrogen-bond acceptors (Lipinski definition) is 6. The molecule has 3 rings (SSSR count). The number of amides is 2. The number of aliphatic carboxylic acids is 1. The Labute approximate surface area is 210 Å². The van der Waals surface area contributed by atoms with Crippen LogP contribution in [0.2, 0.25) is 0 Å². The number of carbonyl (C=O) groups is 4. The molecule has 9 heteroatoms. The highest BCUT2D eigenvalue weighted by Crippen LogP contribution is 2.44. The molecule has 192 valence electrons. The van der Waals surface area contributed by atoms with Gasteiger partial charge in [0, 0.05) is 25.3 Å². The maximum atomic E-state index is 12.2. The predicted octanol–water partition coefficient (Wildman–Crippen LogP) is 3.61. The van der Waals surface area contributed by atoms with E-state index in [-0.39, 0.29) is 38.3 Å². The highest BCUT2D eigenvalue weighted by molar-refractivity contribution is 5.84. The van der Waals surface area contributed by atoms with Crippen LogP contribution in [0.3, 0.4) is 0 Å². The Morgan fingerprint density at radius 3 is 2.08 bits per heavy atom. The van der Waals surface area contributed by atoms with Gasteiger partial charge in [-0.05, 0) is 49.4 Å². The molecule has 0 radical (unpaired) electrons. The molecule has 1 aliphatic rings. The maximum Gasteiger partial charge on any atom is 0.407 e. The second-order valence-corrected chi connectivity index (χ2v) is 9.59. The van der Waals surface area contributed by atoms with Gasteiger partial charge in [-0.3, -0.25) is 9.59 Å². The number of benzene rings is 2. The summed E-state index contributed by atoms with van der Waals surface area (Å²) in [6.07, 6.45) is -1.05. The van der Waals surface area contributed by atoms with E-state index in [1.165, 1.54) is 0 Å². The Bertz CT molecular complexity index is 1080. The summed E-state index contributed by atoms with van der Waals surface area (Å²) >= 11 is 0. The van der Waals surface area contributed by atoms with E-state index in [2.05, 4.69) is 10.6 Å². The lowest BCUT2D eigenvalue weighted by Crippen LogP contribution is -2.42. The van der Waals surface area contributed by atoms with Crippen LogP contribution in [0.4, 0.5) is 4.79 Å². The zero-order valence-corrected chi connectivity index (χ0v) is 20.7. The molecule has 0 bridgehead atoms. The minimum atomic E-state index is -1.25. The van der Waals surface area contributed by atoms with E-state index in [4.69, 9.17) is 9.47 Å². The summed E-state index contributed by atoms with van der Waals surface area (Å²) in [6.45, 7) is 5.26. The van der Waals surface area contributed by atoms with Gasteiger partial charge in [0.1, 0.15) is 18.2 Å². The van der Waals surface area contributed by atoms with Crippen molar-refractivity contribution in [3.05, 3.63) is 59.7 Å². The van der Waals surface area contributed by atoms with E-state index in [1.54, 1.807) is 20.8 Å². The van der Waals surface area contributed by atoms with Gasteiger partial charge in [-0.2, -0.15) is 0 Å². The minimum absolute atomic E-state index is 0.0269. The SMILES string of the molecule is CC(C)(C)OC(=O)CCC(NC(=O)CCNC(=O)OCC1c2ccccc2-c2ccccc21)C(=O)O. The molecule has 9 nitrogen and oxygen atoms in total. The van der Waals surface area contributed by atoms with Crippen molar-refractivity contribution < 1.29 is 33.8 Å². The first-order chi connectivity index (χ1) is 17.0. The van der Waals surface area contributed by atoms with Crippen LogP contribution >= 0.6 is 0 Å². The smallest absolute Gasteiger partial charge is 0.407 e. The lowest BCUT2D eigenvalue weighted by Gasteiger charge is -2.20. The van der Waals surface area contributed by atoms with Gasteiger partial charge in [0.15, 0.2) is 0 Å². The first kappa shape index (κ1) is 26.7. The molecule has 2 aromatic carbocycles. The summed E-state index contributed by atoms with van der Waals surface area (Å²) in [6, 6.07) is 14.8. The van der Waals surface area contributed by atoms with Gasteiger partial charge in [-0.15, -0.1) is 0 Å². The fourth-order valence-electron chi connectivity index (χ4n) is 4.11. The second-order valence-electron chi connectivity index (χ2n) is 9.59. The number of ether oxygens (including phenoxy) is 2. The first-order valence-corrected chi connectivity index (χ1v) is 11.9. The Morgan fingerprint density at radius 1 is 0.944 bits per heavy atom. The Balaban J connectivity index is 1.42. The summed E-state index contributed by atoms with van der Waals surface area (Å²) in [5.41, 5.74) is 3.76. The van der Waals surface area contributed by atoms with Crippen LogP contribution in [-0.2, 0) is 23.9 Å². The summed E-state index contributed by atoms with van der Waals surface area (Å²) in [5.74, 6) is -2.44. The molecular formula is C27H32N2O7. The second kappa shape index (κ2) is 11.7. The summed E-state index contributed by atoms with van der Waals surface area (Å²) in [4.78, 5) is 47.7. The van der Waals surface area contributed by atoms with Crippen LogP contribution in [0.15, 0.2) is 48.5 Å². The number of nitrogens with one attached hydrogen (secondary N) is 2. The molecule has 0 saturated heterocycles. The molecule has 0 spiro atoms. The molecule has 0 aromatic heterocycles. The summed E-state index contributed by atoms with van der Waals surface area (Å²) in [5, 5.41) is 14.2. The number of carbonyl (C=O) groups excluding carboxylic acids is 3. The predicted molar refractivity (Wildman–Crippen MR) is 132 cm³/mol. The van der Waals surface area contributed by atoms with Gasteiger partial charge in [-0.25, -0.2) is 9.59 Å². The Morgan fingerprint density at radius 2 is 1.53 bits per heavy atom. The third kappa shape index (κ3) is 7.31. The van der Waals surface area contributed by atoms with Crippen LogP contribution < -0.4 is 10.6 Å². The Kier molecular flexibility index (Phi) is 8.68. The highest BCUT2D eigenvalue weighted by atomic mass is 16.6. The molecule has 1 atom stereocenters. The van der Waals surface area contributed by atoms with Crippen LogP contribution in [-0.4, -0.2) is 53.8 Å². The van der Waals surface area contributed by atoms with Crippen molar-refractivity contribution >= 4 is 23.9 Å². The van der Waals surface area contributed by atoms with Crippen LogP contribution in [0, 0.1) is 0 Å². The first-order valence-electron chi connectivity index (χ1n) is 11.9. The number of esters is 1. The van der Waals surface area contributed by atoms with Crippen molar-refractivity contribution in [1.29, 1.82) is 0 Å². The third-order valence-electron chi connectivity index (χ3n) is 5.66. The molecule has 0 aliphatic heterocycles. The number of fused-ring (bicyclic) bond motifs is 3. The molecule has 0 heterocycles. The van der Waals surface area contributed by atoms with Gasteiger partial charge < -0.3 is 25.2 Å². The number of carboxylic acids is 1. The van der Waals surface area contributed by atoms with Gasteiger partial charge in [0.2, 0.25) is 5.91 Å².